The third kappa shape index (κ3) is 6.94. The van der Waals surface area contributed by atoms with Crippen molar-refractivity contribution < 1.29 is 19.1 Å². The highest BCUT2D eigenvalue weighted by Crippen LogP contribution is 2.31. The van der Waals surface area contributed by atoms with Crippen molar-refractivity contribution in [3.05, 3.63) is 54.1 Å². The molecule has 0 aromatic heterocycles. The van der Waals surface area contributed by atoms with E-state index in [0.29, 0.717) is 19.4 Å². The Hall–Kier alpha value is -2.20. The average molecular weight is 413 g/mol. The lowest BCUT2D eigenvalue weighted by atomic mass is 9.89. The lowest BCUT2D eigenvalue weighted by molar-refractivity contribution is -0.173. The van der Waals surface area contributed by atoms with E-state index >= 15 is 0 Å². The highest BCUT2D eigenvalue weighted by molar-refractivity contribution is 5.90. The summed E-state index contributed by atoms with van der Waals surface area (Å²) in [4.78, 5) is 25.2. The number of carbonyl (C=O) groups excluding carboxylic acids is 2. The quantitative estimate of drug-likeness (QED) is 0.292. The van der Waals surface area contributed by atoms with Crippen molar-refractivity contribution >= 4 is 17.3 Å². The average Bonchev–Trinajstić information content (AvgIpc) is 2.77. The predicted molar refractivity (Wildman–Crippen MR) is 121 cm³/mol. The zero-order chi connectivity index (χ0) is 21.8. The number of hydrogen-bond acceptors (Lipinski definition) is 4. The maximum atomic E-state index is 13.1. The minimum absolute atomic E-state index is 0.0547. The van der Waals surface area contributed by atoms with Crippen LogP contribution >= 0.6 is 0 Å². The van der Waals surface area contributed by atoms with E-state index in [4.69, 9.17) is 9.47 Å². The Morgan fingerprint density at radius 3 is 2.40 bits per heavy atom. The van der Waals surface area contributed by atoms with Gasteiger partial charge in [-0.05, 0) is 37.0 Å². The summed E-state index contributed by atoms with van der Waals surface area (Å²) in [5.74, 6) is -0.534. The van der Waals surface area contributed by atoms with E-state index in [1.54, 1.807) is 13.0 Å². The number of ketones is 1. The Morgan fingerprint density at radius 1 is 1.03 bits per heavy atom. The van der Waals surface area contributed by atoms with Crippen molar-refractivity contribution in [1.82, 2.24) is 0 Å². The van der Waals surface area contributed by atoms with Crippen LogP contribution in [0.4, 0.5) is 0 Å². The molecule has 30 heavy (non-hydrogen) atoms. The summed E-state index contributed by atoms with van der Waals surface area (Å²) < 4.78 is 11.7. The minimum atomic E-state index is -1.16. The van der Waals surface area contributed by atoms with Gasteiger partial charge in [0.25, 0.3) is 0 Å². The summed E-state index contributed by atoms with van der Waals surface area (Å²) >= 11 is 0. The van der Waals surface area contributed by atoms with Crippen LogP contribution < -0.4 is 0 Å². The Kier molecular flexibility index (Phi) is 10.0. The predicted octanol–water partition coefficient (Wildman–Crippen LogP) is 6.06. The van der Waals surface area contributed by atoms with Gasteiger partial charge >= 0.3 is 5.97 Å². The van der Waals surface area contributed by atoms with Crippen LogP contribution in [0.2, 0.25) is 0 Å². The smallest absolute Gasteiger partial charge is 0.343 e. The molecule has 0 aliphatic heterocycles. The van der Waals surface area contributed by atoms with Gasteiger partial charge in [0.05, 0.1) is 0 Å². The minimum Gasteiger partial charge on any atom is -0.452 e. The molecule has 0 radical (unpaired) electrons. The molecule has 0 heterocycles. The molecule has 1 aromatic carbocycles. The van der Waals surface area contributed by atoms with Crippen LogP contribution in [-0.4, -0.2) is 30.1 Å². The third-order valence-electron chi connectivity index (χ3n) is 5.45. The van der Waals surface area contributed by atoms with Gasteiger partial charge in [0, 0.05) is 19.4 Å². The first kappa shape index (κ1) is 24.1. The molecular weight excluding hydrogens is 376 g/mol. The largest absolute Gasteiger partial charge is 0.452 e. The first-order valence-corrected chi connectivity index (χ1v) is 11.3. The molecule has 0 bridgehead atoms. The van der Waals surface area contributed by atoms with Gasteiger partial charge in [-0.1, -0.05) is 82.0 Å². The lowest BCUT2D eigenvalue weighted by Gasteiger charge is -2.31. The second-order valence-electron chi connectivity index (χ2n) is 7.98. The molecule has 0 spiro atoms. The van der Waals surface area contributed by atoms with Gasteiger partial charge in [-0.2, -0.15) is 0 Å². The number of allylic oxidation sites excluding steroid dienone is 2. The molecule has 0 N–H and O–H groups in total. The molecule has 0 fully saturated rings. The maximum absolute atomic E-state index is 13.1. The molecule has 4 nitrogen and oxygen atoms in total. The highest BCUT2D eigenvalue weighted by Gasteiger charge is 2.40. The van der Waals surface area contributed by atoms with Crippen molar-refractivity contribution in [1.29, 1.82) is 0 Å². The van der Waals surface area contributed by atoms with E-state index in [-0.39, 0.29) is 5.78 Å². The Balaban J connectivity index is 2.07. The highest BCUT2D eigenvalue weighted by atomic mass is 16.6. The molecular formula is C26H36O4. The summed E-state index contributed by atoms with van der Waals surface area (Å²) in [6.07, 6.45) is 12.1. The zero-order valence-electron chi connectivity index (χ0n) is 18.7. The topological polar surface area (TPSA) is 52.6 Å². The fraction of sp³-hybridized carbons (Fsp3) is 0.538. The first-order chi connectivity index (χ1) is 14.5. The van der Waals surface area contributed by atoms with Crippen LogP contribution in [0.3, 0.4) is 0 Å². The normalized spacial score (nSPS) is 19.2. The molecule has 1 aliphatic rings. The second-order valence-corrected chi connectivity index (χ2v) is 7.98. The van der Waals surface area contributed by atoms with Crippen LogP contribution in [0, 0.1) is 0 Å². The van der Waals surface area contributed by atoms with Crippen LogP contribution in [0.25, 0.3) is 5.57 Å². The van der Waals surface area contributed by atoms with E-state index < -0.39 is 17.7 Å². The van der Waals surface area contributed by atoms with Crippen molar-refractivity contribution in [3.63, 3.8) is 0 Å². The summed E-state index contributed by atoms with van der Waals surface area (Å²) in [7, 11) is 0. The number of benzene rings is 1. The number of ether oxygens (including phenoxy) is 2. The fourth-order valence-electron chi connectivity index (χ4n) is 3.52. The molecule has 2 rings (SSSR count). The van der Waals surface area contributed by atoms with E-state index in [0.717, 1.165) is 30.4 Å². The van der Waals surface area contributed by atoms with Crippen molar-refractivity contribution in [2.45, 2.75) is 83.8 Å². The zero-order valence-corrected chi connectivity index (χ0v) is 18.7. The Morgan fingerprint density at radius 2 is 1.77 bits per heavy atom. The number of hydrogen-bond donors (Lipinski definition) is 0. The molecule has 2 unspecified atom stereocenters. The van der Waals surface area contributed by atoms with E-state index in [2.05, 4.69) is 6.92 Å². The SMILES string of the molecule is CCCCCCCOC1(C(=O)OC(C)C(=O)CCC)C=CC(c2ccccc2)=CC1. The molecule has 0 saturated carbocycles. The van der Waals surface area contributed by atoms with Gasteiger partial charge in [0.1, 0.15) is 0 Å². The van der Waals surface area contributed by atoms with Crippen LogP contribution in [0.15, 0.2) is 48.6 Å². The standard InChI is InChI=1S/C26H36O4/c1-4-6-7-8-12-20-29-26(25(28)30-21(3)24(27)13-5-2)18-16-23(17-19-26)22-14-10-9-11-15-22/h9-11,14-18,21H,4-8,12-13,19-20H2,1-3H3. The molecule has 1 aliphatic carbocycles. The number of unbranched alkanes of at least 4 members (excludes halogenated alkanes) is 4. The lowest BCUT2D eigenvalue weighted by Crippen LogP contribution is -2.44. The van der Waals surface area contributed by atoms with Crippen LogP contribution in [-0.2, 0) is 19.1 Å². The summed E-state index contributed by atoms with van der Waals surface area (Å²) in [6, 6.07) is 10.1. The number of rotatable bonds is 13. The molecule has 0 amide bonds. The van der Waals surface area contributed by atoms with E-state index in [1.165, 1.54) is 19.3 Å². The fourth-order valence-corrected chi connectivity index (χ4v) is 3.52. The van der Waals surface area contributed by atoms with Crippen molar-refractivity contribution in [3.8, 4) is 0 Å². The summed E-state index contributed by atoms with van der Waals surface area (Å²) in [6.45, 7) is 6.27. The first-order valence-electron chi connectivity index (χ1n) is 11.3. The van der Waals surface area contributed by atoms with Crippen molar-refractivity contribution in [2.24, 2.45) is 0 Å². The Labute approximate surface area is 181 Å². The number of Topliss-reactive ketones (excluding diaryl/α,β-unsaturated/α-hetero) is 1. The van der Waals surface area contributed by atoms with Gasteiger partial charge in [-0.15, -0.1) is 0 Å². The number of carbonyl (C=O) groups is 2. The van der Waals surface area contributed by atoms with Gasteiger partial charge < -0.3 is 9.47 Å². The Bertz CT molecular complexity index is 735. The molecule has 2 atom stereocenters. The third-order valence-corrected chi connectivity index (χ3v) is 5.45. The van der Waals surface area contributed by atoms with Gasteiger partial charge in [-0.3, -0.25) is 4.79 Å². The van der Waals surface area contributed by atoms with E-state index in [9.17, 15) is 9.59 Å². The van der Waals surface area contributed by atoms with Gasteiger partial charge in [0.2, 0.25) is 0 Å². The summed E-state index contributed by atoms with van der Waals surface area (Å²) in [5, 5.41) is 0. The van der Waals surface area contributed by atoms with Crippen LogP contribution in [0.5, 0.6) is 0 Å². The molecule has 164 valence electrons. The van der Waals surface area contributed by atoms with Gasteiger partial charge in [0.15, 0.2) is 17.5 Å². The van der Waals surface area contributed by atoms with Gasteiger partial charge in [-0.25, -0.2) is 4.79 Å². The maximum Gasteiger partial charge on any atom is 0.343 e. The van der Waals surface area contributed by atoms with Crippen LogP contribution in [0.1, 0.15) is 77.7 Å². The van der Waals surface area contributed by atoms with Crippen molar-refractivity contribution in [2.75, 3.05) is 6.61 Å². The number of esters is 1. The second kappa shape index (κ2) is 12.5. The van der Waals surface area contributed by atoms with E-state index in [1.807, 2.05) is 49.4 Å². The molecule has 0 saturated heterocycles. The molecule has 4 heteroatoms. The molecule has 1 aromatic rings. The monoisotopic (exact) mass is 412 g/mol. The summed E-state index contributed by atoms with van der Waals surface area (Å²) in [5.41, 5.74) is 0.992.